The molecule has 3 nitrogen and oxygen atoms in total. The summed E-state index contributed by atoms with van der Waals surface area (Å²) in [4.78, 5) is 2.34. The van der Waals surface area contributed by atoms with Crippen LogP contribution in [0.4, 0.5) is 0 Å². The quantitative estimate of drug-likeness (QED) is 0.749. The number of ether oxygens (including phenoxy) is 1. The van der Waals surface area contributed by atoms with Gasteiger partial charge in [0.05, 0.1) is 12.7 Å². The first-order valence-corrected chi connectivity index (χ1v) is 7.40. The first-order chi connectivity index (χ1) is 8.88. The summed E-state index contributed by atoms with van der Waals surface area (Å²) in [6.07, 6.45) is 7.04. The molecule has 0 amide bonds. The summed E-state index contributed by atoms with van der Waals surface area (Å²) >= 11 is 0. The van der Waals surface area contributed by atoms with Gasteiger partial charge < -0.3 is 14.7 Å². The molecule has 1 saturated heterocycles. The van der Waals surface area contributed by atoms with Gasteiger partial charge in [-0.15, -0.1) is 6.42 Å². The smallest absolute Gasteiger partial charge is 0.125 e. The fourth-order valence-electron chi connectivity index (χ4n) is 2.82. The molecule has 4 atom stereocenters. The molecule has 1 heterocycles. The number of terminal acetylenes is 1. The third kappa shape index (κ3) is 5.52. The minimum absolute atomic E-state index is 0.313. The normalized spacial score (nSPS) is 29.5. The van der Waals surface area contributed by atoms with Gasteiger partial charge in [-0.1, -0.05) is 26.7 Å². The predicted octanol–water partition coefficient (Wildman–Crippen LogP) is 2.14. The number of likely N-dealkylation sites (tertiary alicyclic amines) is 1. The van der Waals surface area contributed by atoms with Crippen LogP contribution in [0.3, 0.4) is 0 Å². The van der Waals surface area contributed by atoms with Gasteiger partial charge >= 0.3 is 0 Å². The second-order valence-corrected chi connectivity index (χ2v) is 6.36. The van der Waals surface area contributed by atoms with Gasteiger partial charge in [-0.2, -0.15) is 0 Å². The fraction of sp³-hybridized carbons (Fsp3) is 0.875. The predicted molar refractivity (Wildman–Crippen MR) is 78.9 cm³/mol. The Hall–Kier alpha value is -0.560. The van der Waals surface area contributed by atoms with Gasteiger partial charge in [0.1, 0.15) is 5.60 Å². The van der Waals surface area contributed by atoms with E-state index in [1.54, 1.807) is 0 Å². The Labute approximate surface area is 118 Å². The lowest BCUT2D eigenvalue weighted by Crippen LogP contribution is -2.44. The molecule has 0 aliphatic carbocycles. The van der Waals surface area contributed by atoms with Gasteiger partial charge in [0.15, 0.2) is 0 Å². The summed E-state index contributed by atoms with van der Waals surface area (Å²) in [6.45, 7) is 11.6. The van der Waals surface area contributed by atoms with Crippen molar-refractivity contribution in [2.45, 2.75) is 52.2 Å². The number of hydrogen-bond acceptors (Lipinski definition) is 3. The van der Waals surface area contributed by atoms with Crippen LogP contribution in [0.1, 0.15) is 40.5 Å². The van der Waals surface area contributed by atoms with Crippen molar-refractivity contribution >= 4 is 0 Å². The average Bonchev–Trinajstić information content (AvgIpc) is 2.35. The summed E-state index contributed by atoms with van der Waals surface area (Å²) in [5.74, 6) is 4.08. The van der Waals surface area contributed by atoms with Crippen LogP contribution in [0.25, 0.3) is 0 Å². The number of rotatable bonds is 6. The molecule has 0 aromatic heterocycles. The van der Waals surface area contributed by atoms with Crippen molar-refractivity contribution in [2.75, 3.05) is 26.2 Å². The van der Waals surface area contributed by atoms with Crippen LogP contribution < -0.4 is 0 Å². The van der Waals surface area contributed by atoms with Crippen molar-refractivity contribution in [1.82, 2.24) is 4.90 Å². The van der Waals surface area contributed by atoms with Gasteiger partial charge in [-0.25, -0.2) is 0 Å². The van der Waals surface area contributed by atoms with E-state index in [2.05, 4.69) is 24.7 Å². The van der Waals surface area contributed by atoms with Crippen LogP contribution in [-0.4, -0.2) is 48.0 Å². The monoisotopic (exact) mass is 267 g/mol. The molecule has 19 heavy (non-hydrogen) atoms. The van der Waals surface area contributed by atoms with Crippen LogP contribution in [0.5, 0.6) is 0 Å². The van der Waals surface area contributed by atoms with Gasteiger partial charge in [-0.3, -0.25) is 0 Å². The summed E-state index contributed by atoms with van der Waals surface area (Å²) in [7, 11) is 0. The molecule has 1 aliphatic heterocycles. The lowest BCUT2D eigenvalue weighted by atomic mass is 9.92. The molecule has 0 saturated carbocycles. The number of β-amino-alcohol motifs (C(OH)–C–C–N with tert-alkyl or cyclic N) is 1. The molecule has 4 unspecified atom stereocenters. The molecule has 0 aromatic carbocycles. The van der Waals surface area contributed by atoms with Crippen LogP contribution in [-0.2, 0) is 4.74 Å². The molecular weight excluding hydrogens is 238 g/mol. The van der Waals surface area contributed by atoms with Crippen LogP contribution in [0, 0.1) is 24.2 Å². The minimum atomic E-state index is -0.552. The Morgan fingerprint density at radius 2 is 2.00 bits per heavy atom. The van der Waals surface area contributed by atoms with E-state index in [1.165, 1.54) is 6.42 Å². The van der Waals surface area contributed by atoms with E-state index in [-0.39, 0.29) is 0 Å². The van der Waals surface area contributed by atoms with Crippen molar-refractivity contribution < 1.29 is 9.84 Å². The van der Waals surface area contributed by atoms with E-state index in [9.17, 15) is 5.11 Å². The highest BCUT2D eigenvalue weighted by Gasteiger charge is 2.25. The number of aliphatic hydroxyl groups excluding tert-OH is 1. The van der Waals surface area contributed by atoms with E-state index in [4.69, 9.17) is 11.2 Å². The van der Waals surface area contributed by atoms with Crippen molar-refractivity contribution in [1.29, 1.82) is 0 Å². The zero-order valence-electron chi connectivity index (χ0n) is 12.9. The molecule has 1 N–H and O–H groups in total. The molecule has 0 radical (unpaired) electrons. The highest BCUT2D eigenvalue weighted by Crippen LogP contribution is 2.21. The lowest BCUT2D eigenvalue weighted by Gasteiger charge is -2.36. The maximum Gasteiger partial charge on any atom is 0.125 e. The lowest BCUT2D eigenvalue weighted by molar-refractivity contribution is -0.0511. The Kier molecular flexibility index (Phi) is 6.32. The highest BCUT2D eigenvalue weighted by atomic mass is 16.5. The maximum atomic E-state index is 10.1. The third-order valence-corrected chi connectivity index (χ3v) is 3.99. The van der Waals surface area contributed by atoms with Gasteiger partial charge in [0.25, 0.3) is 0 Å². The molecule has 0 bridgehead atoms. The van der Waals surface area contributed by atoms with Gasteiger partial charge in [-0.05, 0) is 31.6 Å². The molecule has 110 valence electrons. The highest BCUT2D eigenvalue weighted by molar-refractivity contribution is 5.05. The second-order valence-electron chi connectivity index (χ2n) is 6.36. The Balaban J connectivity index is 2.35. The fourth-order valence-corrected chi connectivity index (χ4v) is 2.82. The second kappa shape index (κ2) is 7.28. The minimum Gasteiger partial charge on any atom is -0.389 e. The topological polar surface area (TPSA) is 32.7 Å². The summed E-state index contributed by atoms with van der Waals surface area (Å²) < 4.78 is 5.67. The van der Waals surface area contributed by atoms with E-state index >= 15 is 0 Å². The van der Waals surface area contributed by atoms with Crippen molar-refractivity contribution in [3.8, 4) is 12.3 Å². The maximum absolute atomic E-state index is 10.1. The largest absolute Gasteiger partial charge is 0.389 e. The SMILES string of the molecule is C#CC(C)(CC)OCC(O)CN1CC(C)CC(C)C1. The van der Waals surface area contributed by atoms with E-state index in [0.717, 1.165) is 19.5 Å². The van der Waals surface area contributed by atoms with Crippen molar-refractivity contribution in [3.63, 3.8) is 0 Å². The van der Waals surface area contributed by atoms with Gasteiger partial charge in [0.2, 0.25) is 0 Å². The number of nitrogens with zero attached hydrogens (tertiary/aromatic N) is 1. The summed E-state index contributed by atoms with van der Waals surface area (Å²) in [5.41, 5.74) is -0.552. The van der Waals surface area contributed by atoms with E-state index < -0.39 is 11.7 Å². The zero-order chi connectivity index (χ0) is 14.5. The Morgan fingerprint density at radius 1 is 1.42 bits per heavy atom. The van der Waals surface area contributed by atoms with Gasteiger partial charge in [0, 0.05) is 19.6 Å². The van der Waals surface area contributed by atoms with Crippen molar-refractivity contribution in [3.05, 3.63) is 0 Å². The Morgan fingerprint density at radius 3 is 2.47 bits per heavy atom. The first kappa shape index (κ1) is 16.5. The molecular formula is C16H29NO2. The third-order valence-electron chi connectivity index (χ3n) is 3.99. The standard InChI is InChI=1S/C16H29NO2/c1-6-16(5,7-2)19-12-15(18)11-17-9-13(3)8-14(4)10-17/h1,13-15,18H,7-12H2,2-5H3. The zero-order valence-corrected chi connectivity index (χ0v) is 12.9. The molecule has 3 heteroatoms. The van der Waals surface area contributed by atoms with Crippen molar-refractivity contribution in [2.24, 2.45) is 11.8 Å². The number of hydrogen-bond donors (Lipinski definition) is 1. The molecule has 1 fully saturated rings. The summed E-state index contributed by atoms with van der Waals surface area (Å²) in [6, 6.07) is 0. The molecule has 1 rings (SSSR count). The van der Waals surface area contributed by atoms with E-state index in [1.807, 2.05) is 13.8 Å². The Bertz CT molecular complexity index is 302. The molecule has 1 aliphatic rings. The van der Waals surface area contributed by atoms with E-state index in [0.29, 0.717) is 25.0 Å². The number of piperidine rings is 1. The molecule has 0 spiro atoms. The van der Waals surface area contributed by atoms with Crippen LogP contribution in [0.15, 0.2) is 0 Å². The first-order valence-electron chi connectivity index (χ1n) is 7.40. The van der Waals surface area contributed by atoms with Crippen LogP contribution in [0.2, 0.25) is 0 Å². The summed E-state index contributed by atoms with van der Waals surface area (Å²) in [5, 5.41) is 10.1. The molecule has 0 aromatic rings. The average molecular weight is 267 g/mol. The van der Waals surface area contributed by atoms with Crippen LogP contribution >= 0.6 is 0 Å². The number of aliphatic hydroxyl groups is 1.